The average molecular weight is 430 g/mol. The monoisotopic (exact) mass is 429 g/mol. The van der Waals surface area contributed by atoms with E-state index in [0.717, 1.165) is 54.8 Å². The summed E-state index contributed by atoms with van der Waals surface area (Å²) in [5, 5.41) is 13.3. The van der Waals surface area contributed by atoms with Crippen LogP contribution < -0.4 is 10.2 Å². The standard InChI is InChI=1S/C23H27N3O3.ClH/c27-16-26(20-7-8-21-18(14-20)6-9-23(29)24-21)19-10-12-25(13-11-19)15-22(28)17-4-2-1-3-5-17;/h1-5,7-8,14,16,19,22,28H,6,9-13,15H2,(H,24,29);1H. The first kappa shape index (κ1) is 22.3. The molecule has 160 valence electrons. The third-order valence-corrected chi connectivity index (χ3v) is 5.96. The first-order valence-electron chi connectivity index (χ1n) is 10.3. The van der Waals surface area contributed by atoms with E-state index in [2.05, 4.69) is 10.2 Å². The summed E-state index contributed by atoms with van der Waals surface area (Å²) in [6.07, 6.45) is 3.35. The highest BCUT2D eigenvalue weighted by Gasteiger charge is 2.27. The number of nitrogens with one attached hydrogen (secondary N) is 1. The first-order chi connectivity index (χ1) is 14.1. The Morgan fingerprint density at radius 3 is 2.57 bits per heavy atom. The van der Waals surface area contributed by atoms with E-state index in [0.29, 0.717) is 19.4 Å². The van der Waals surface area contributed by atoms with Gasteiger partial charge in [0.2, 0.25) is 12.3 Å². The normalized spacial score (nSPS) is 18.0. The number of anilines is 2. The number of carbonyl (C=O) groups is 2. The Morgan fingerprint density at radius 1 is 1.13 bits per heavy atom. The zero-order valence-corrected chi connectivity index (χ0v) is 17.7. The highest BCUT2D eigenvalue weighted by Crippen LogP contribution is 2.30. The number of nitrogens with zero attached hydrogens (tertiary/aromatic N) is 2. The van der Waals surface area contributed by atoms with Crippen molar-refractivity contribution in [3.8, 4) is 0 Å². The summed E-state index contributed by atoms with van der Waals surface area (Å²) in [5.74, 6) is 0.0440. The summed E-state index contributed by atoms with van der Waals surface area (Å²) >= 11 is 0. The van der Waals surface area contributed by atoms with Crippen LogP contribution in [0.25, 0.3) is 0 Å². The minimum atomic E-state index is -0.495. The van der Waals surface area contributed by atoms with Gasteiger partial charge in [0, 0.05) is 43.5 Å². The van der Waals surface area contributed by atoms with Gasteiger partial charge in [0.15, 0.2) is 0 Å². The van der Waals surface area contributed by atoms with Crippen LogP contribution >= 0.6 is 12.4 Å². The van der Waals surface area contributed by atoms with Crippen molar-refractivity contribution in [3.63, 3.8) is 0 Å². The summed E-state index contributed by atoms with van der Waals surface area (Å²) < 4.78 is 0. The van der Waals surface area contributed by atoms with Gasteiger partial charge in [0.1, 0.15) is 0 Å². The van der Waals surface area contributed by atoms with Crippen LogP contribution in [0.4, 0.5) is 11.4 Å². The second kappa shape index (κ2) is 10.1. The molecule has 0 spiro atoms. The summed E-state index contributed by atoms with van der Waals surface area (Å²) in [5.41, 5.74) is 3.75. The lowest BCUT2D eigenvalue weighted by Gasteiger charge is -2.37. The number of aliphatic hydroxyl groups is 1. The Bertz CT molecular complexity index is 869. The zero-order chi connectivity index (χ0) is 20.2. The Morgan fingerprint density at radius 2 is 1.87 bits per heavy atom. The first-order valence-corrected chi connectivity index (χ1v) is 10.3. The van der Waals surface area contributed by atoms with Crippen LogP contribution in [-0.2, 0) is 16.0 Å². The Balaban J connectivity index is 0.00000256. The number of aryl methyl sites for hydroxylation is 1. The van der Waals surface area contributed by atoms with Crippen LogP contribution in [0.3, 0.4) is 0 Å². The Labute approximate surface area is 183 Å². The van der Waals surface area contributed by atoms with Crippen molar-refractivity contribution in [2.75, 3.05) is 29.9 Å². The van der Waals surface area contributed by atoms with E-state index in [1.807, 2.05) is 53.4 Å². The molecular formula is C23H28ClN3O3. The third kappa shape index (κ3) is 5.01. The molecule has 1 saturated heterocycles. The molecular weight excluding hydrogens is 402 g/mol. The predicted molar refractivity (Wildman–Crippen MR) is 120 cm³/mol. The van der Waals surface area contributed by atoms with Crippen LogP contribution in [0.5, 0.6) is 0 Å². The van der Waals surface area contributed by atoms with Crippen molar-refractivity contribution in [1.82, 2.24) is 4.90 Å². The molecule has 0 radical (unpaired) electrons. The SMILES string of the molecule is Cl.O=CN(c1ccc2c(c1)CCC(=O)N2)C1CCN(CC(O)c2ccccc2)CC1. The van der Waals surface area contributed by atoms with Crippen LogP contribution in [-0.4, -0.2) is 48.0 Å². The van der Waals surface area contributed by atoms with Gasteiger partial charge in [-0.25, -0.2) is 0 Å². The van der Waals surface area contributed by atoms with Crippen molar-refractivity contribution in [1.29, 1.82) is 0 Å². The van der Waals surface area contributed by atoms with Crippen molar-refractivity contribution in [2.45, 2.75) is 37.8 Å². The number of likely N-dealkylation sites (tertiary alicyclic amines) is 1. The quantitative estimate of drug-likeness (QED) is 0.692. The summed E-state index contributed by atoms with van der Waals surface area (Å²) in [7, 11) is 0. The smallest absolute Gasteiger partial charge is 0.224 e. The third-order valence-electron chi connectivity index (χ3n) is 5.96. The van der Waals surface area contributed by atoms with Gasteiger partial charge in [-0.3, -0.25) is 9.59 Å². The lowest BCUT2D eigenvalue weighted by molar-refractivity contribution is -0.116. The molecule has 7 heteroatoms. The molecule has 30 heavy (non-hydrogen) atoms. The van der Waals surface area contributed by atoms with Crippen LogP contribution in [0.2, 0.25) is 0 Å². The number of hydrogen-bond donors (Lipinski definition) is 2. The minimum Gasteiger partial charge on any atom is -0.387 e. The average Bonchev–Trinajstić information content (AvgIpc) is 2.76. The molecule has 2 aromatic rings. The molecule has 2 aliphatic heterocycles. The fourth-order valence-electron chi connectivity index (χ4n) is 4.29. The maximum absolute atomic E-state index is 11.9. The van der Waals surface area contributed by atoms with Crippen molar-refractivity contribution < 1.29 is 14.7 Å². The largest absolute Gasteiger partial charge is 0.387 e. The van der Waals surface area contributed by atoms with E-state index in [-0.39, 0.29) is 24.4 Å². The van der Waals surface area contributed by atoms with Gasteiger partial charge in [-0.1, -0.05) is 30.3 Å². The van der Waals surface area contributed by atoms with Crippen molar-refractivity contribution in [2.24, 2.45) is 0 Å². The molecule has 1 unspecified atom stereocenters. The summed E-state index contributed by atoms with van der Waals surface area (Å²) in [6.45, 7) is 2.30. The number of aliphatic hydroxyl groups excluding tert-OH is 1. The molecule has 0 aliphatic carbocycles. The van der Waals surface area contributed by atoms with Gasteiger partial charge in [-0.2, -0.15) is 0 Å². The van der Waals surface area contributed by atoms with E-state index < -0.39 is 6.10 Å². The number of rotatable bonds is 6. The number of amides is 2. The number of piperidine rings is 1. The Hall–Kier alpha value is -2.41. The minimum absolute atomic E-state index is 0. The number of benzene rings is 2. The zero-order valence-electron chi connectivity index (χ0n) is 16.9. The van der Waals surface area contributed by atoms with E-state index in [4.69, 9.17) is 0 Å². The predicted octanol–water partition coefficient (Wildman–Crippen LogP) is 3.15. The number of fused-ring (bicyclic) bond motifs is 1. The molecule has 0 saturated carbocycles. The number of hydrogen-bond acceptors (Lipinski definition) is 4. The number of carbonyl (C=O) groups excluding carboxylic acids is 2. The van der Waals surface area contributed by atoms with Crippen LogP contribution in [0.15, 0.2) is 48.5 Å². The molecule has 2 aliphatic rings. The van der Waals surface area contributed by atoms with E-state index >= 15 is 0 Å². The van der Waals surface area contributed by atoms with Gasteiger partial charge in [-0.15, -0.1) is 12.4 Å². The van der Waals surface area contributed by atoms with E-state index in [9.17, 15) is 14.7 Å². The van der Waals surface area contributed by atoms with E-state index in [1.165, 1.54) is 0 Å². The molecule has 2 amide bonds. The van der Waals surface area contributed by atoms with Crippen LogP contribution in [0.1, 0.15) is 36.5 Å². The molecule has 2 aromatic carbocycles. The second-order valence-corrected chi connectivity index (χ2v) is 7.86. The molecule has 2 heterocycles. The molecule has 0 bridgehead atoms. The van der Waals surface area contributed by atoms with Gasteiger partial charge in [-0.05, 0) is 48.6 Å². The maximum atomic E-state index is 11.9. The van der Waals surface area contributed by atoms with Crippen LogP contribution in [0, 0.1) is 0 Å². The van der Waals surface area contributed by atoms with Gasteiger partial charge < -0.3 is 20.2 Å². The Kier molecular flexibility index (Phi) is 7.48. The lowest BCUT2D eigenvalue weighted by atomic mass is 9.99. The molecule has 2 N–H and O–H groups in total. The molecule has 1 atom stereocenters. The summed E-state index contributed by atoms with van der Waals surface area (Å²) in [4.78, 5) is 27.5. The van der Waals surface area contributed by atoms with Gasteiger partial charge in [0.25, 0.3) is 0 Å². The topological polar surface area (TPSA) is 72.9 Å². The van der Waals surface area contributed by atoms with Gasteiger partial charge in [0.05, 0.1) is 6.10 Å². The summed E-state index contributed by atoms with van der Waals surface area (Å²) in [6, 6.07) is 15.7. The highest BCUT2D eigenvalue weighted by molar-refractivity contribution is 5.94. The fourth-order valence-corrected chi connectivity index (χ4v) is 4.29. The maximum Gasteiger partial charge on any atom is 0.224 e. The number of β-amino-alcohol motifs (C(OH)–C–C–N with tert-alkyl or cyclic N) is 1. The lowest BCUT2D eigenvalue weighted by Crippen LogP contribution is -2.45. The second-order valence-electron chi connectivity index (χ2n) is 7.86. The van der Waals surface area contributed by atoms with E-state index in [1.54, 1.807) is 0 Å². The fraction of sp³-hybridized carbons (Fsp3) is 0.391. The molecule has 1 fully saturated rings. The number of halogens is 1. The molecule has 0 aromatic heterocycles. The van der Waals surface area contributed by atoms with Crippen molar-refractivity contribution >= 4 is 36.1 Å². The molecule has 6 nitrogen and oxygen atoms in total. The highest BCUT2D eigenvalue weighted by atomic mass is 35.5. The molecule has 4 rings (SSSR count). The van der Waals surface area contributed by atoms with Crippen molar-refractivity contribution in [3.05, 3.63) is 59.7 Å². The van der Waals surface area contributed by atoms with Gasteiger partial charge >= 0.3 is 0 Å².